The minimum atomic E-state index is -1.11. The second-order valence-corrected chi connectivity index (χ2v) is 9.00. The topological polar surface area (TPSA) is 144 Å². The number of hydrogen-bond acceptors (Lipinski definition) is 7. The van der Waals surface area contributed by atoms with E-state index in [4.69, 9.17) is 46.4 Å². The second kappa shape index (κ2) is 9.94. The lowest BCUT2D eigenvalue weighted by Crippen LogP contribution is -2.49. The fourth-order valence-corrected chi connectivity index (χ4v) is 4.69. The van der Waals surface area contributed by atoms with Crippen LogP contribution in [-0.4, -0.2) is 37.6 Å². The van der Waals surface area contributed by atoms with Crippen LogP contribution in [0, 0.1) is 20.2 Å². The first-order chi connectivity index (χ1) is 17.5. The number of benzene rings is 3. The molecule has 3 aromatic carbocycles. The lowest BCUT2D eigenvalue weighted by atomic mass is 10.1. The van der Waals surface area contributed by atoms with Gasteiger partial charge in [-0.25, -0.2) is 5.01 Å². The van der Waals surface area contributed by atoms with Crippen molar-refractivity contribution in [1.82, 2.24) is 10.0 Å². The van der Waals surface area contributed by atoms with Crippen molar-refractivity contribution in [3.05, 3.63) is 111 Å². The summed E-state index contributed by atoms with van der Waals surface area (Å²) in [7, 11) is 0. The van der Waals surface area contributed by atoms with Crippen molar-refractivity contribution < 1.29 is 24.2 Å². The number of nitro benzene ring substituents is 2. The van der Waals surface area contributed by atoms with Gasteiger partial charge in [-0.2, -0.15) is 5.01 Å². The van der Waals surface area contributed by atoms with E-state index in [1.54, 1.807) is 0 Å². The molecule has 0 saturated heterocycles. The molecule has 0 N–H and O–H groups in total. The number of hydrogen-bond donors (Lipinski definition) is 0. The molecule has 0 spiro atoms. The van der Waals surface area contributed by atoms with E-state index in [0.717, 1.165) is 12.1 Å². The Morgan fingerprint density at radius 2 is 1.38 bits per heavy atom. The van der Waals surface area contributed by atoms with E-state index < -0.39 is 56.6 Å². The van der Waals surface area contributed by atoms with Gasteiger partial charge in [0.1, 0.15) is 0 Å². The van der Waals surface area contributed by atoms with Crippen molar-refractivity contribution in [2.45, 2.75) is 6.54 Å². The van der Waals surface area contributed by atoms with E-state index in [2.05, 4.69) is 0 Å². The number of nitrogens with zero attached hydrogens (tertiary/aromatic N) is 4. The molecule has 3 amide bonds. The highest BCUT2D eigenvalue weighted by molar-refractivity contribution is 6.55. The highest BCUT2D eigenvalue weighted by Gasteiger charge is 2.46. The van der Waals surface area contributed by atoms with Crippen LogP contribution in [0.25, 0.3) is 0 Å². The maximum absolute atomic E-state index is 13.6. The normalized spacial score (nSPS) is 12.5. The number of nitro groups is 2. The molecule has 3 aromatic rings. The van der Waals surface area contributed by atoms with Crippen LogP contribution < -0.4 is 0 Å². The zero-order valence-corrected chi connectivity index (χ0v) is 21.0. The lowest BCUT2D eigenvalue weighted by molar-refractivity contribution is -0.385. The van der Waals surface area contributed by atoms with Crippen molar-refractivity contribution in [1.29, 1.82) is 0 Å². The molecule has 0 fully saturated rings. The Labute approximate surface area is 226 Å². The summed E-state index contributed by atoms with van der Waals surface area (Å²) < 4.78 is 0. The molecular formula is C22H10Cl4N4O7. The van der Waals surface area contributed by atoms with E-state index in [1.165, 1.54) is 36.4 Å². The van der Waals surface area contributed by atoms with Crippen LogP contribution in [-0.2, 0) is 6.54 Å². The minimum absolute atomic E-state index is 0.0453. The van der Waals surface area contributed by atoms with Gasteiger partial charge in [0.05, 0.1) is 53.2 Å². The molecule has 0 bridgehead atoms. The highest BCUT2D eigenvalue weighted by atomic mass is 35.5. The standard InChI is InChI=1S/C22H10Cl4N4O7/c23-16-14-15(17(24)19(26)18(16)25)22(33)28(21(14)32)27(9-11-4-1-2-7-13(11)30(36)37)20(31)10-5-3-6-12(8-10)29(34)35/h1-8H,9H2. The van der Waals surface area contributed by atoms with Crippen molar-refractivity contribution in [3.63, 3.8) is 0 Å². The third kappa shape index (κ3) is 4.46. The third-order valence-corrected chi connectivity index (χ3v) is 7.17. The van der Waals surface area contributed by atoms with Crippen molar-refractivity contribution in [2.75, 3.05) is 0 Å². The highest BCUT2D eigenvalue weighted by Crippen LogP contribution is 2.45. The first kappa shape index (κ1) is 26.3. The number of amides is 3. The Kier molecular flexibility index (Phi) is 7.07. The molecule has 1 aliphatic rings. The van der Waals surface area contributed by atoms with Crippen LogP contribution in [0.3, 0.4) is 0 Å². The molecule has 0 aromatic heterocycles. The minimum Gasteiger partial charge on any atom is -0.267 e. The quantitative estimate of drug-likeness (QED) is 0.114. The van der Waals surface area contributed by atoms with Gasteiger partial charge < -0.3 is 0 Å². The van der Waals surface area contributed by atoms with Gasteiger partial charge in [0, 0.05) is 23.8 Å². The van der Waals surface area contributed by atoms with Crippen molar-refractivity contribution in [2.24, 2.45) is 0 Å². The van der Waals surface area contributed by atoms with Gasteiger partial charge in [0.25, 0.3) is 29.1 Å². The predicted molar refractivity (Wildman–Crippen MR) is 133 cm³/mol. The van der Waals surface area contributed by atoms with Gasteiger partial charge in [0.2, 0.25) is 0 Å². The number of carbonyl (C=O) groups is 3. The van der Waals surface area contributed by atoms with E-state index in [-0.39, 0.29) is 31.2 Å². The van der Waals surface area contributed by atoms with Gasteiger partial charge >= 0.3 is 0 Å². The monoisotopic (exact) mass is 582 g/mol. The smallest absolute Gasteiger partial charge is 0.267 e. The summed E-state index contributed by atoms with van der Waals surface area (Å²) in [6, 6.07) is 9.83. The number of halogens is 4. The Morgan fingerprint density at radius 3 is 1.92 bits per heavy atom. The molecular weight excluding hydrogens is 574 g/mol. The zero-order valence-electron chi connectivity index (χ0n) is 18.0. The summed E-state index contributed by atoms with van der Waals surface area (Å²) in [5.74, 6) is -3.27. The predicted octanol–water partition coefficient (Wildman–Crippen LogP) is 5.97. The van der Waals surface area contributed by atoms with Crippen molar-refractivity contribution >= 4 is 75.5 Å². The summed E-state index contributed by atoms with van der Waals surface area (Å²) >= 11 is 24.5. The fourth-order valence-electron chi connectivity index (χ4n) is 3.68. The summed E-state index contributed by atoms with van der Waals surface area (Å²) in [6.45, 7) is -0.652. The van der Waals surface area contributed by atoms with Crippen molar-refractivity contribution in [3.8, 4) is 0 Å². The second-order valence-electron chi connectivity index (χ2n) is 7.48. The number of hydrazine groups is 1. The van der Waals surface area contributed by atoms with Gasteiger partial charge in [-0.3, -0.25) is 34.6 Å². The van der Waals surface area contributed by atoms with E-state index in [1.807, 2.05) is 0 Å². The zero-order chi connectivity index (χ0) is 27.2. The maximum atomic E-state index is 13.6. The molecule has 1 heterocycles. The molecule has 1 aliphatic heterocycles. The molecule has 4 rings (SSSR count). The van der Waals surface area contributed by atoms with E-state index in [0.29, 0.717) is 10.0 Å². The van der Waals surface area contributed by atoms with Gasteiger partial charge in [-0.15, -0.1) is 0 Å². The Bertz CT molecular complexity index is 1500. The number of carbonyl (C=O) groups excluding carboxylic acids is 3. The molecule has 15 heteroatoms. The van der Waals surface area contributed by atoms with E-state index >= 15 is 0 Å². The first-order valence-corrected chi connectivity index (χ1v) is 11.5. The first-order valence-electron chi connectivity index (χ1n) is 9.99. The number of non-ortho nitro benzene ring substituents is 1. The van der Waals surface area contributed by atoms with Crippen LogP contribution in [0.4, 0.5) is 11.4 Å². The molecule has 0 saturated carbocycles. The molecule has 37 heavy (non-hydrogen) atoms. The Morgan fingerprint density at radius 1 is 0.811 bits per heavy atom. The summed E-state index contributed by atoms with van der Waals surface area (Å²) in [6.07, 6.45) is 0. The Hall–Kier alpha value is -3.77. The lowest BCUT2D eigenvalue weighted by Gasteiger charge is -2.30. The third-order valence-electron chi connectivity index (χ3n) is 5.37. The summed E-state index contributed by atoms with van der Waals surface area (Å²) in [5, 5.41) is 22.4. The molecule has 0 unspecified atom stereocenters. The van der Waals surface area contributed by atoms with Crippen LogP contribution in [0.5, 0.6) is 0 Å². The van der Waals surface area contributed by atoms with Crippen LogP contribution in [0.2, 0.25) is 20.1 Å². The molecule has 0 atom stereocenters. The fraction of sp³-hybridized carbons (Fsp3) is 0.0455. The SMILES string of the molecule is O=C(c1cccc([N+](=O)[O-])c1)N(Cc1ccccc1[N+](=O)[O-])N1C(=O)c2c(Cl)c(Cl)c(Cl)c(Cl)c2C1=O. The molecule has 0 aliphatic carbocycles. The average molecular weight is 584 g/mol. The van der Waals surface area contributed by atoms with Crippen LogP contribution >= 0.6 is 46.4 Å². The van der Waals surface area contributed by atoms with Gasteiger partial charge in [-0.1, -0.05) is 70.7 Å². The van der Waals surface area contributed by atoms with Gasteiger partial charge in [0.15, 0.2) is 0 Å². The number of para-hydroxylation sites is 1. The molecule has 11 nitrogen and oxygen atoms in total. The Balaban J connectivity index is 1.90. The van der Waals surface area contributed by atoms with Gasteiger partial charge in [-0.05, 0) is 6.07 Å². The number of fused-ring (bicyclic) bond motifs is 1. The van der Waals surface area contributed by atoms with Crippen LogP contribution in [0.1, 0.15) is 36.6 Å². The van der Waals surface area contributed by atoms with E-state index in [9.17, 15) is 34.6 Å². The summed E-state index contributed by atoms with van der Waals surface area (Å²) in [5.41, 5.74) is -2.02. The summed E-state index contributed by atoms with van der Waals surface area (Å²) in [4.78, 5) is 61.8. The largest absolute Gasteiger partial charge is 0.282 e. The van der Waals surface area contributed by atoms with Crippen LogP contribution in [0.15, 0.2) is 48.5 Å². The average Bonchev–Trinajstić information content (AvgIpc) is 3.14. The maximum Gasteiger partial charge on any atom is 0.282 e. The molecule has 0 radical (unpaired) electrons. The molecule has 188 valence electrons. The number of imide groups is 1. The number of rotatable bonds is 6.